The van der Waals surface area contributed by atoms with E-state index in [0.29, 0.717) is 11.6 Å². The lowest BCUT2D eigenvalue weighted by Crippen LogP contribution is -2.25. The molecule has 0 aromatic heterocycles. The van der Waals surface area contributed by atoms with Crippen molar-refractivity contribution in [2.45, 2.75) is 13.0 Å². The maximum atomic E-state index is 5.99. The highest BCUT2D eigenvalue weighted by Crippen LogP contribution is 2.28. The fourth-order valence-corrected chi connectivity index (χ4v) is 1.83. The Morgan fingerprint density at radius 1 is 1.38 bits per heavy atom. The lowest BCUT2D eigenvalue weighted by Gasteiger charge is -2.20. The number of rotatable bonds is 6. The number of hydrogen-bond acceptors (Lipinski definition) is 3. The second kappa shape index (κ2) is 6.74. The van der Waals surface area contributed by atoms with Gasteiger partial charge in [0.2, 0.25) is 0 Å². The zero-order chi connectivity index (χ0) is 12.0. The van der Waals surface area contributed by atoms with Crippen molar-refractivity contribution >= 4 is 11.6 Å². The topological polar surface area (TPSA) is 30.5 Å². The van der Waals surface area contributed by atoms with E-state index in [0.717, 1.165) is 17.9 Å². The molecule has 1 rings (SSSR count). The van der Waals surface area contributed by atoms with Crippen LogP contribution in [0.25, 0.3) is 0 Å². The Balaban J connectivity index is 3.00. The van der Waals surface area contributed by atoms with Gasteiger partial charge in [0.25, 0.3) is 0 Å². The fraction of sp³-hybridized carbons (Fsp3) is 0.500. The monoisotopic (exact) mass is 243 g/mol. The number of likely N-dealkylation sites (N-methyl/N-ethyl adjacent to an activating group) is 1. The number of hydrogen-bond donors (Lipinski definition) is 1. The van der Waals surface area contributed by atoms with Crippen LogP contribution in [-0.2, 0) is 4.74 Å². The van der Waals surface area contributed by atoms with Gasteiger partial charge >= 0.3 is 0 Å². The molecule has 1 unspecified atom stereocenters. The van der Waals surface area contributed by atoms with E-state index >= 15 is 0 Å². The third kappa shape index (κ3) is 3.37. The van der Waals surface area contributed by atoms with Gasteiger partial charge in [0.15, 0.2) is 0 Å². The molecule has 1 N–H and O–H groups in total. The summed E-state index contributed by atoms with van der Waals surface area (Å²) in [4.78, 5) is 0. The minimum atomic E-state index is 0.101. The molecule has 16 heavy (non-hydrogen) atoms. The fourth-order valence-electron chi connectivity index (χ4n) is 1.65. The second-order valence-corrected chi connectivity index (χ2v) is 3.89. The lowest BCUT2D eigenvalue weighted by molar-refractivity contribution is 0.166. The molecule has 0 aliphatic heterocycles. The minimum absolute atomic E-state index is 0.101. The van der Waals surface area contributed by atoms with Crippen molar-refractivity contribution in [1.29, 1.82) is 0 Å². The average molecular weight is 244 g/mol. The molecule has 0 radical (unpaired) electrons. The van der Waals surface area contributed by atoms with Crippen molar-refractivity contribution < 1.29 is 9.47 Å². The molecule has 1 aromatic rings. The van der Waals surface area contributed by atoms with E-state index in [9.17, 15) is 0 Å². The quantitative estimate of drug-likeness (QED) is 0.833. The van der Waals surface area contributed by atoms with Crippen LogP contribution in [0.15, 0.2) is 18.2 Å². The minimum Gasteiger partial charge on any atom is -0.496 e. The number of benzene rings is 1. The second-order valence-electron chi connectivity index (χ2n) is 3.45. The van der Waals surface area contributed by atoms with Crippen LogP contribution in [0.2, 0.25) is 5.02 Å². The standard InChI is InChI=1S/C12H18ClNO2/c1-4-14-11(8-15-2)10-7-9(13)5-6-12(10)16-3/h5-7,11,14H,4,8H2,1-3H3. The summed E-state index contributed by atoms with van der Waals surface area (Å²) in [5, 5.41) is 4.04. The average Bonchev–Trinajstić information content (AvgIpc) is 2.29. The molecule has 0 amide bonds. The van der Waals surface area contributed by atoms with Gasteiger partial charge in [-0.05, 0) is 24.7 Å². The molecule has 1 atom stereocenters. The molecular formula is C12H18ClNO2. The molecule has 4 heteroatoms. The molecule has 0 saturated heterocycles. The van der Waals surface area contributed by atoms with E-state index in [1.165, 1.54) is 0 Å². The van der Waals surface area contributed by atoms with E-state index in [1.807, 2.05) is 18.2 Å². The van der Waals surface area contributed by atoms with Crippen molar-refractivity contribution in [2.24, 2.45) is 0 Å². The molecule has 0 fully saturated rings. The first-order valence-electron chi connectivity index (χ1n) is 5.28. The van der Waals surface area contributed by atoms with Crippen LogP contribution in [0.4, 0.5) is 0 Å². The van der Waals surface area contributed by atoms with Crippen LogP contribution in [0, 0.1) is 0 Å². The Morgan fingerprint density at radius 3 is 2.69 bits per heavy atom. The Kier molecular flexibility index (Phi) is 5.60. The molecule has 0 heterocycles. The Hall–Kier alpha value is -0.770. The molecule has 90 valence electrons. The Labute approximate surface area is 102 Å². The smallest absolute Gasteiger partial charge is 0.123 e. The van der Waals surface area contributed by atoms with Crippen LogP contribution in [0.5, 0.6) is 5.75 Å². The highest BCUT2D eigenvalue weighted by molar-refractivity contribution is 6.30. The van der Waals surface area contributed by atoms with Gasteiger partial charge in [-0.25, -0.2) is 0 Å². The van der Waals surface area contributed by atoms with Crippen molar-refractivity contribution in [3.8, 4) is 5.75 Å². The van der Waals surface area contributed by atoms with Crippen LogP contribution in [0.3, 0.4) is 0 Å². The lowest BCUT2D eigenvalue weighted by atomic mass is 10.1. The SMILES string of the molecule is CCNC(COC)c1cc(Cl)ccc1OC. The maximum absolute atomic E-state index is 5.99. The van der Waals surface area contributed by atoms with Gasteiger partial charge in [0.05, 0.1) is 19.8 Å². The van der Waals surface area contributed by atoms with Crippen molar-refractivity contribution in [3.05, 3.63) is 28.8 Å². The summed E-state index contributed by atoms with van der Waals surface area (Å²) in [6.07, 6.45) is 0. The predicted octanol–water partition coefficient (Wildman–Crippen LogP) is 2.65. The van der Waals surface area contributed by atoms with Gasteiger partial charge in [-0.2, -0.15) is 0 Å². The van der Waals surface area contributed by atoms with E-state index < -0.39 is 0 Å². The summed E-state index contributed by atoms with van der Waals surface area (Å²) in [6.45, 7) is 3.51. The highest BCUT2D eigenvalue weighted by Gasteiger charge is 2.15. The van der Waals surface area contributed by atoms with E-state index in [1.54, 1.807) is 14.2 Å². The zero-order valence-corrected chi connectivity index (χ0v) is 10.7. The van der Waals surface area contributed by atoms with E-state index in [-0.39, 0.29) is 6.04 Å². The van der Waals surface area contributed by atoms with Crippen LogP contribution in [0.1, 0.15) is 18.5 Å². The highest BCUT2D eigenvalue weighted by atomic mass is 35.5. The van der Waals surface area contributed by atoms with Gasteiger partial charge in [-0.15, -0.1) is 0 Å². The van der Waals surface area contributed by atoms with Gasteiger partial charge in [0, 0.05) is 17.7 Å². The van der Waals surface area contributed by atoms with E-state index in [2.05, 4.69) is 12.2 Å². The first-order chi connectivity index (χ1) is 7.72. The van der Waals surface area contributed by atoms with Crippen molar-refractivity contribution in [3.63, 3.8) is 0 Å². The summed E-state index contributed by atoms with van der Waals surface area (Å²) in [5.41, 5.74) is 1.03. The molecule has 0 aliphatic rings. The third-order valence-electron chi connectivity index (χ3n) is 2.35. The van der Waals surface area contributed by atoms with Gasteiger partial charge < -0.3 is 14.8 Å². The van der Waals surface area contributed by atoms with Crippen LogP contribution in [-0.4, -0.2) is 27.4 Å². The van der Waals surface area contributed by atoms with Crippen molar-refractivity contribution in [2.75, 3.05) is 27.4 Å². The van der Waals surface area contributed by atoms with Crippen LogP contribution < -0.4 is 10.1 Å². The van der Waals surface area contributed by atoms with Crippen molar-refractivity contribution in [1.82, 2.24) is 5.32 Å². The third-order valence-corrected chi connectivity index (χ3v) is 2.59. The number of nitrogens with one attached hydrogen (secondary N) is 1. The Morgan fingerprint density at radius 2 is 2.12 bits per heavy atom. The number of halogens is 1. The summed E-state index contributed by atoms with van der Waals surface area (Å²) in [6, 6.07) is 5.70. The molecule has 3 nitrogen and oxygen atoms in total. The molecular weight excluding hydrogens is 226 g/mol. The normalized spacial score (nSPS) is 12.5. The summed E-state index contributed by atoms with van der Waals surface area (Å²) in [7, 11) is 3.34. The largest absolute Gasteiger partial charge is 0.496 e. The van der Waals surface area contributed by atoms with Crippen LogP contribution >= 0.6 is 11.6 Å². The van der Waals surface area contributed by atoms with E-state index in [4.69, 9.17) is 21.1 Å². The summed E-state index contributed by atoms with van der Waals surface area (Å²) < 4.78 is 10.5. The first-order valence-corrected chi connectivity index (χ1v) is 5.66. The van der Waals surface area contributed by atoms with Gasteiger partial charge in [-0.1, -0.05) is 18.5 Å². The van der Waals surface area contributed by atoms with Gasteiger partial charge in [-0.3, -0.25) is 0 Å². The summed E-state index contributed by atoms with van der Waals surface area (Å²) >= 11 is 5.99. The maximum Gasteiger partial charge on any atom is 0.123 e. The predicted molar refractivity (Wildman–Crippen MR) is 66.3 cm³/mol. The molecule has 0 saturated carbocycles. The zero-order valence-electron chi connectivity index (χ0n) is 9.92. The molecule has 0 bridgehead atoms. The molecule has 0 aliphatic carbocycles. The van der Waals surface area contributed by atoms with Gasteiger partial charge in [0.1, 0.15) is 5.75 Å². The Bertz CT molecular complexity index is 325. The number of methoxy groups -OCH3 is 2. The summed E-state index contributed by atoms with van der Waals surface area (Å²) in [5.74, 6) is 0.826. The number of ether oxygens (including phenoxy) is 2. The molecule has 0 spiro atoms. The molecule has 1 aromatic carbocycles. The first kappa shape index (κ1) is 13.3.